The van der Waals surface area contributed by atoms with E-state index < -0.39 is 0 Å². The maximum absolute atomic E-state index is 13.3. The number of carbonyl (C=O) groups is 1. The molecular weight excluding hydrogens is 343 g/mol. The van der Waals surface area contributed by atoms with Gasteiger partial charge >= 0.3 is 0 Å². The number of halogens is 1. The van der Waals surface area contributed by atoms with Crippen molar-refractivity contribution >= 4 is 5.91 Å². The van der Waals surface area contributed by atoms with Crippen molar-refractivity contribution < 1.29 is 9.18 Å². The SMILES string of the molecule is O=C(N[C@@H]1CCN2CCCC[C@@H]12)c1nn(-c2ccc(F)cc2)c2c1CCC2. The second-order valence-corrected chi connectivity index (χ2v) is 7.98. The third-order valence-corrected chi connectivity index (χ3v) is 6.39. The number of nitrogens with zero attached hydrogens (tertiary/aromatic N) is 3. The Balaban J connectivity index is 1.41. The van der Waals surface area contributed by atoms with Crippen LogP contribution < -0.4 is 5.32 Å². The lowest BCUT2D eigenvalue weighted by Crippen LogP contribution is -2.47. The van der Waals surface area contributed by atoms with Gasteiger partial charge in [0.1, 0.15) is 5.82 Å². The molecule has 2 atom stereocenters. The van der Waals surface area contributed by atoms with E-state index in [4.69, 9.17) is 0 Å². The van der Waals surface area contributed by atoms with Crippen LogP contribution in [0.15, 0.2) is 24.3 Å². The van der Waals surface area contributed by atoms with Gasteiger partial charge in [-0.3, -0.25) is 9.69 Å². The highest BCUT2D eigenvalue weighted by Gasteiger charge is 2.37. The van der Waals surface area contributed by atoms with Crippen molar-refractivity contribution in [3.63, 3.8) is 0 Å². The lowest BCUT2D eigenvalue weighted by Gasteiger charge is -2.32. The Kier molecular flexibility index (Phi) is 4.23. The largest absolute Gasteiger partial charge is 0.346 e. The molecule has 0 radical (unpaired) electrons. The second-order valence-electron chi connectivity index (χ2n) is 7.98. The highest BCUT2D eigenvalue weighted by Crippen LogP contribution is 2.30. The van der Waals surface area contributed by atoms with Crippen LogP contribution in [0, 0.1) is 5.82 Å². The Hall–Kier alpha value is -2.21. The van der Waals surface area contributed by atoms with E-state index in [9.17, 15) is 9.18 Å². The molecule has 1 amide bonds. The number of hydrogen-bond donors (Lipinski definition) is 1. The summed E-state index contributed by atoms with van der Waals surface area (Å²) in [5.41, 5.74) is 3.53. The maximum Gasteiger partial charge on any atom is 0.272 e. The van der Waals surface area contributed by atoms with Gasteiger partial charge in [-0.05, 0) is 69.3 Å². The maximum atomic E-state index is 13.3. The van der Waals surface area contributed by atoms with Gasteiger partial charge in [-0.1, -0.05) is 6.42 Å². The summed E-state index contributed by atoms with van der Waals surface area (Å²) in [4.78, 5) is 15.6. The first-order chi connectivity index (χ1) is 13.2. The predicted octanol–water partition coefficient (Wildman–Crippen LogP) is 2.86. The van der Waals surface area contributed by atoms with Gasteiger partial charge in [-0.15, -0.1) is 0 Å². The molecule has 0 unspecified atom stereocenters. The molecule has 1 aromatic carbocycles. The monoisotopic (exact) mass is 368 g/mol. The standard InChI is InChI=1S/C21H25FN4O/c22-14-7-9-15(10-8-14)26-18-6-3-4-16(18)20(24-26)21(27)23-17-11-13-25-12-2-1-5-19(17)25/h7-10,17,19H,1-6,11-13H2,(H,23,27)/t17-,19+/m1/s1. The molecular formula is C21H25FN4O. The van der Waals surface area contributed by atoms with Crippen LogP contribution in [0.2, 0.25) is 0 Å². The number of hydrogen-bond acceptors (Lipinski definition) is 3. The van der Waals surface area contributed by atoms with Crippen LogP contribution in [0.25, 0.3) is 5.69 Å². The summed E-state index contributed by atoms with van der Waals surface area (Å²) in [6, 6.07) is 7.03. The predicted molar refractivity (Wildman–Crippen MR) is 101 cm³/mol. The Morgan fingerprint density at radius 1 is 1.07 bits per heavy atom. The number of aromatic nitrogens is 2. The molecule has 2 aliphatic heterocycles. The van der Waals surface area contributed by atoms with E-state index in [0.29, 0.717) is 11.7 Å². The first kappa shape index (κ1) is 16.9. The molecule has 1 aromatic heterocycles. The number of piperidine rings is 1. The fourth-order valence-electron chi connectivity index (χ4n) is 5.07. The molecule has 5 rings (SSSR count). The van der Waals surface area contributed by atoms with Gasteiger partial charge in [0.2, 0.25) is 0 Å². The lowest BCUT2D eigenvalue weighted by atomic mass is 9.99. The Morgan fingerprint density at radius 3 is 2.78 bits per heavy atom. The summed E-state index contributed by atoms with van der Waals surface area (Å²) in [6.45, 7) is 2.24. The van der Waals surface area contributed by atoms with Crippen LogP contribution in [-0.2, 0) is 12.8 Å². The number of carbonyl (C=O) groups excluding carboxylic acids is 1. The number of nitrogens with one attached hydrogen (secondary N) is 1. The molecule has 6 heteroatoms. The van der Waals surface area contributed by atoms with Gasteiger partial charge in [-0.25, -0.2) is 9.07 Å². The van der Waals surface area contributed by atoms with Crippen LogP contribution in [-0.4, -0.2) is 45.8 Å². The highest BCUT2D eigenvalue weighted by atomic mass is 19.1. The fraction of sp³-hybridized carbons (Fsp3) is 0.524. The van der Waals surface area contributed by atoms with E-state index in [2.05, 4.69) is 15.3 Å². The Morgan fingerprint density at radius 2 is 1.93 bits per heavy atom. The summed E-state index contributed by atoms with van der Waals surface area (Å²) >= 11 is 0. The molecule has 2 saturated heterocycles. The van der Waals surface area contributed by atoms with Crippen molar-refractivity contribution in [1.29, 1.82) is 0 Å². The van der Waals surface area contributed by atoms with Crippen LogP contribution in [0.1, 0.15) is 53.8 Å². The van der Waals surface area contributed by atoms with Crippen LogP contribution in [0.3, 0.4) is 0 Å². The third-order valence-electron chi connectivity index (χ3n) is 6.39. The summed E-state index contributed by atoms with van der Waals surface area (Å²) in [7, 11) is 0. The van der Waals surface area contributed by atoms with E-state index in [1.54, 1.807) is 12.1 Å². The fourth-order valence-corrected chi connectivity index (χ4v) is 5.07. The molecule has 3 aliphatic rings. The molecule has 0 saturated carbocycles. The molecule has 3 heterocycles. The normalized spacial score (nSPS) is 24.6. The molecule has 0 bridgehead atoms. The van der Waals surface area contributed by atoms with Crippen LogP contribution in [0.4, 0.5) is 4.39 Å². The first-order valence-electron chi connectivity index (χ1n) is 10.1. The van der Waals surface area contributed by atoms with Gasteiger partial charge < -0.3 is 5.32 Å². The van der Waals surface area contributed by atoms with Gasteiger partial charge in [0, 0.05) is 29.9 Å². The minimum Gasteiger partial charge on any atom is -0.346 e. The van der Waals surface area contributed by atoms with Gasteiger partial charge in [0.05, 0.1) is 5.69 Å². The molecule has 1 N–H and O–H groups in total. The molecule has 0 spiro atoms. The van der Waals surface area contributed by atoms with Crippen molar-refractivity contribution in [2.24, 2.45) is 0 Å². The van der Waals surface area contributed by atoms with E-state index in [1.807, 2.05) is 4.68 Å². The molecule has 2 aromatic rings. The molecule has 142 valence electrons. The zero-order chi connectivity index (χ0) is 18.4. The van der Waals surface area contributed by atoms with Crippen molar-refractivity contribution in [3.05, 3.63) is 47.0 Å². The first-order valence-corrected chi connectivity index (χ1v) is 10.1. The number of fused-ring (bicyclic) bond motifs is 2. The topological polar surface area (TPSA) is 50.2 Å². The van der Waals surface area contributed by atoms with Crippen molar-refractivity contribution in [3.8, 4) is 5.69 Å². The minimum atomic E-state index is -0.265. The van der Waals surface area contributed by atoms with Gasteiger partial charge in [-0.2, -0.15) is 5.10 Å². The quantitative estimate of drug-likeness (QED) is 0.906. The molecule has 1 aliphatic carbocycles. The Labute approximate surface area is 158 Å². The van der Waals surface area contributed by atoms with Crippen molar-refractivity contribution in [2.45, 2.75) is 57.0 Å². The van der Waals surface area contributed by atoms with E-state index in [-0.39, 0.29) is 17.8 Å². The number of benzene rings is 1. The highest BCUT2D eigenvalue weighted by molar-refractivity contribution is 5.94. The molecule has 5 nitrogen and oxygen atoms in total. The van der Waals surface area contributed by atoms with Gasteiger partial charge in [0.25, 0.3) is 5.91 Å². The minimum absolute atomic E-state index is 0.0496. The summed E-state index contributed by atoms with van der Waals surface area (Å²) in [5, 5.41) is 7.93. The number of rotatable bonds is 3. The van der Waals surface area contributed by atoms with Crippen molar-refractivity contribution in [1.82, 2.24) is 20.0 Å². The number of amides is 1. The third kappa shape index (κ3) is 2.96. The summed E-state index contributed by atoms with van der Waals surface area (Å²) in [6.07, 6.45) is 7.56. The van der Waals surface area contributed by atoms with Crippen LogP contribution in [0.5, 0.6) is 0 Å². The summed E-state index contributed by atoms with van der Waals surface area (Å²) in [5.74, 6) is -0.315. The zero-order valence-electron chi connectivity index (χ0n) is 15.5. The van der Waals surface area contributed by atoms with E-state index in [1.165, 1.54) is 31.4 Å². The molecule has 27 heavy (non-hydrogen) atoms. The Bertz CT molecular complexity index is 860. The second kappa shape index (κ2) is 6.75. The lowest BCUT2D eigenvalue weighted by molar-refractivity contribution is 0.0909. The van der Waals surface area contributed by atoms with Crippen molar-refractivity contribution in [2.75, 3.05) is 13.1 Å². The summed E-state index contributed by atoms with van der Waals surface area (Å²) < 4.78 is 15.1. The van der Waals surface area contributed by atoms with E-state index >= 15 is 0 Å². The van der Waals surface area contributed by atoms with E-state index in [0.717, 1.165) is 55.7 Å². The smallest absolute Gasteiger partial charge is 0.272 e. The van der Waals surface area contributed by atoms with Gasteiger partial charge in [0.15, 0.2) is 5.69 Å². The average molecular weight is 368 g/mol. The van der Waals surface area contributed by atoms with Crippen LogP contribution >= 0.6 is 0 Å². The molecule has 2 fully saturated rings. The zero-order valence-corrected chi connectivity index (χ0v) is 15.5. The average Bonchev–Trinajstić information content (AvgIpc) is 3.38.